The molecule has 8 nitrogen and oxygen atoms in total. The zero-order valence-corrected chi connectivity index (χ0v) is 22.6. The highest BCUT2D eigenvalue weighted by molar-refractivity contribution is 5.94. The van der Waals surface area contributed by atoms with E-state index < -0.39 is 17.8 Å². The van der Waals surface area contributed by atoms with Gasteiger partial charge in [0.25, 0.3) is 11.5 Å². The van der Waals surface area contributed by atoms with Crippen LogP contribution in [0.2, 0.25) is 0 Å². The molecule has 3 aromatic rings. The molecule has 0 aliphatic carbocycles. The van der Waals surface area contributed by atoms with Gasteiger partial charge < -0.3 is 15.2 Å². The molecule has 1 atom stereocenters. The fraction of sp³-hybridized carbons (Fsp3) is 0.357. The fourth-order valence-corrected chi connectivity index (χ4v) is 5.00. The first-order valence-electron chi connectivity index (χ1n) is 12.8. The maximum Gasteiger partial charge on any atom is 0.416 e. The highest BCUT2D eigenvalue weighted by Crippen LogP contribution is 2.30. The minimum atomic E-state index is -4.42. The van der Waals surface area contributed by atoms with Crippen LogP contribution >= 0.6 is 12.4 Å². The van der Waals surface area contributed by atoms with Gasteiger partial charge in [0.05, 0.1) is 41.0 Å². The van der Waals surface area contributed by atoms with E-state index in [0.29, 0.717) is 60.0 Å². The lowest BCUT2D eigenvalue weighted by atomic mass is 10.0. The van der Waals surface area contributed by atoms with Gasteiger partial charge in [-0.15, -0.1) is 12.4 Å². The van der Waals surface area contributed by atoms with E-state index in [1.807, 2.05) is 11.1 Å². The molecule has 3 heterocycles. The molecule has 0 spiro atoms. The second kappa shape index (κ2) is 11.6. The Morgan fingerprint density at radius 1 is 1.05 bits per heavy atom. The molecular formula is C28H28ClF3N6O2. The molecule has 2 aliphatic rings. The van der Waals surface area contributed by atoms with Crippen molar-refractivity contribution in [2.45, 2.75) is 44.9 Å². The molecule has 1 saturated heterocycles. The summed E-state index contributed by atoms with van der Waals surface area (Å²) in [6.45, 7) is 3.62. The normalized spacial score (nSPS) is 15.6. The SMILES string of the molecule is C[C@H](Nc1nc2c(c(=O)n1N1CCCC1)CN(C(=O)c1ccc(C#N)cc1)CC2)c1ccc(C(F)(F)F)cc1.Cl. The van der Waals surface area contributed by atoms with E-state index in [2.05, 4.69) is 5.32 Å². The Hall–Kier alpha value is -4.04. The first kappa shape index (κ1) is 29.0. The summed E-state index contributed by atoms with van der Waals surface area (Å²) in [6, 6.07) is 12.9. The largest absolute Gasteiger partial charge is 0.416 e. The van der Waals surface area contributed by atoms with Crippen molar-refractivity contribution < 1.29 is 18.0 Å². The van der Waals surface area contributed by atoms with Gasteiger partial charge in [-0.1, -0.05) is 12.1 Å². The second-order valence-corrected chi connectivity index (χ2v) is 9.79. The van der Waals surface area contributed by atoms with Crippen LogP contribution in [0.4, 0.5) is 19.1 Å². The van der Waals surface area contributed by atoms with E-state index in [-0.39, 0.29) is 30.4 Å². The Kier molecular flexibility index (Phi) is 8.40. The lowest BCUT2D eigenvalue weighted by Crippen LogP contribution is -2.47. The topological polar surface area (TPSA) is 94.3 Å². The zero-order valence-electron chi connectivity index (χ0n) is 21.7. The fourth-order valence-electron chi connectivity index (χ4n) is 5.00. The van der Waals surface area contributed by atoms with Crippen LogP contribution in [0.15, 0.2) is 53.3 Å². The number of amides is 1. The van der Waals surface area contributed by atoms with Crippen molar-refractivity contribution in [1.29, 1.82) is 5.26 Å². The predicted molar refractivity (Wildman–Crippen MR) is 146 cm³/mol. The molecule has 1 N–H and O–H groups in total. The first-order valence-corrected chi connectivity index (χ1v) is 12.8. The standard InChI is InChI=1S/C28H27F3N6O2.ClH/c1-18(20-8-10-22(11-9-20)28(29,30)31)33-27-34-24-12-15-35(25(38)21-6-4-19(16-32)5-7-21)17-23(24)26(39)37(27)36-13-2-3-14-36;/h4-11,18H,2-3,12-15,17H2,1H3,(H,33,34);1H/t18-;/m0./s1. The molecule has 0 unspecified atom stereocenters. The number of fused-ring (bicyclic) bond motifs is 1. The maximum absolute atomic E-state index is 13.8. The van der Waals surface area contributed by atoms with Crippen molar-refractivity contribution in [3.63, 3.8) is 0 Å². The number of hydrogen-bond acceptors (Lipinski definition) is 6. The number of nitriles is 1. The van der Waals surface area contributed by atoms with Crippen LogP contribution in [0.3, 0.4) is 0 Å². The van der Waals surface area contributed by atoms with Crippen LogP contribution < -0.4 is 15.9 Å². The van der Waals surface area contributed by atoms with Crippen molar-refractivity contribution in [2.24, 2.45) is 0 Å². The van der Waals surface area contributed by atoms with Gasteiger partial charge in [-0.3, -0.25) is 9.59 Å². The number of rotatable bonds is 5. The van der Waals surface area contributed by atoms with E-state index in [9.17, 15) is 22.8 Å². The highest BCUT2D eigenvalue weighted by atomic mass is 35.5. The molecule has 0 saturated carbocycles. The van der Waals surface area contributed by atoms with Crippen molar-refractivity contribution in [3.8, 4) is 6.07 Å². The number of carbonyl (C=O) groups is 1. The number of carbonyl (C=O) groups excluding carboxylic acids is 1. The molecule has 12 heteroatoms. The highest BCUT2D eigenvalue weighted by Gasteiger charge is 2.31. The van der Waals surface area contributed by atoms with Gasteiger partial charge in [0, 0.05) is 31.6 Å². The molecule has 1 fully saturated rings. The monoisotopic (exact) mass is 572 g/mol. The van der Waals surface area contributed by atoms with Crippen LogP contribution in [-0.2, 0) is 19.1 Å². The van der Waals surface area contributed by atoms with Crippen molar-refractivity contribution >= 4 is 24.3 Å². The number of anilines is 1. The van der Waals surface area contributed by atoms with Crippen LogP contribution in [0.5, 0.6) is 0 Å². The van der Waals surface area contributed by atoms with E-state index in [1.165, 1.54) is 16.8 Å². The Morgan fingerprint density at radius 2 is 1.70 bits per heavy atom. The number of benzene rings is 2. The molecule has 1 aromatic heterocycles. The zero-order chi connectivity index (χ0) is 27.7. The Morgan fingerprint density at radius 3 is 2.30 bits per heavy atom. The lowest BCUT2D eigenvalue weighted by Gasteiger charge is -2.31. The Labute approximate surface area is 235 Å². The van der Waals surface area contributed by atoms with E-state index in [1.54, 1.807) is 36.1 Å². The maximum atomic E-state index is 13.8. The molecule has 5 rings (SSSR count). The average Bonchev–Trinajstić information content (AvgIpc) is 3.47. The van der Waals surface area contributed by atoms with E-state index in [4.69, 9.17) is 10.2 Å². The van der Waals surface area contributed by atoms with Gasteiger partial charge in [-0.2, -0.15) is 23.1 Å². The third-order valence-electron chi connectivity index (χ3n) is 7.20. The number of hydrogen-bond donors (Lipinski definition) is 1. The van der Waals surface area contributed by atoms with Gasteiger partial charge >= 0.3 is 6.18 Å². The molecule has 2 aliphatic heterocycles. The first-order chi connectivity index (χ1) is 18.7. The smallest absolute Gasteiger partial charge is 0.348 e. The molecular weight excluding hydrogens is 545 g/mol. The molecule has 210 valence electrons. The van der Waals surface area contributed by atoms with E-state index >= 15 is 0 Å². The number of alkyl halides is 3. The van der Waals surface area contributed by atoms with E-state index in [0.717, 1.165) is 25.0 Å². The minimum Gasteiger partial charge on any atom is -0.348 e. The van der Waals surface area contributed by atoms with Crippen LogP contribution in [0.1, 0.15) is 64.1 Å². The lowest BCUT2D eigenvalue weighted by molar-refractivity contribution is -0.137. The number of nitrogens with zero attached hydrogens (tertiary/aromatic N) is 5. The van der Waals surface area contributed by atoms with Crippen LogP contribution in [0, 0.1) is 11.3 Å². The Balaban J connectivity index is 0.00000370. The molecule has 0 bridgehead atoms. The number of nitrogens with one attached hydrogen (secondary N) is 1. The molecule has 0 radical (unpaired) electrons. The summed E-state index contributed by atoms with van der Waals surface area (Å²) in [4.78, 5) is 33.4. The van der Waals surface area contributed by atoms with Gasteiger partial charge in [0.1, 0.15) is 0 Å². The third kappa shape index (κ3) is 5.77. The number of halogens is 4. The summed E-state index contributed by atoms with van der Waals surface area (Å²) in [5.41, 5.74) is 1.58. The van der Waals surface area contributed by atoms with Crippen LogP contribution in [-0.4, -0.2) is 40.1 Å². The summed E-state index contributed by atoms with van der Waals surface area (Å²) < 4.78 is 40.5. The molecule has 2 aromatic carbocycles. The summed E-state index contributed by atoms with van der Waals surface area (Å²) in [7, 11) is 0. The number of aromatic nitrogens is 2. The van der Waals surface area contributed by atoms with Gasteiger partial charge in [0.2, 0.25) is 5.95 Å². The minimum absolute atomic E-state index is 0. The summed E-state index contributed by atoms with van der Waals surface area (Å²) in [6.07, 6.45) is -2.20. The van der Waals surface area contributed by atoms with Crippen molar-refractivity contribution in [1.82, 2.24) is 14.6 Å². The summed E-state index contributed by atoms with van der Waals surface area (Å²) in [5.74, 6) is 0.107. The molecule has 1 amide bonds. The predicted octanol–water partition coefficient (Wildman–Crippen LogP) is 4.66. The quantitative estimate of drug-likeness (QED) is 0.478. The van der Waals surface area contributed by atoms with Crippen molar-refractivity contribution in [2.75, 3.05) is 30.0 Å². The van der Waals surface area contributed by atoms with Crippen LogP contribution in [0.25, 0.3) is 0 Å². The Bertz CT molecular complexity index is 1480. The van der Waals surface area contributed by atoms with Gasteiger partial charge in [0.15, 0.2) is 0 Å². The summed E-state index contributed by atoms with van der Waals surface area (Å²) >= 11 is 0. The second-order valence-electron chi connectivity index (χ2n) is 9.79. The van der Waals surface area contributed by atoms with Crippen molar-refractivity contribution in [3.05, 3.63) is 92.4 Å². The third-order valence-corrected chi connectivity index (χ3v) is 7.20. The van der Waals surface area contributed by atoms with Gasteiger partial charge in [-0.25, -0.2) is 4.98 Å². The molecule has 40 heavy (non-hydrogen) atoms. The van der Waals surface area contributed by atoms with Gasteiger partial charge in [-0.05, 0) is 61.7 Å². The average molecular weight is 573 g/mol. The summed E-state index contributed by atoms with van der Waals surface area (Å²) in [5, 5.41) is 14.2.